The van der Waals surface area contributed by atoms with E-state index in [0.717, 1.165) is 50.5 Å². The standard InChI is InChI=1S/C37H46Cl2N4O6/c1-37(2,25-9-6-10-27(39)21-25)32(23-11-13-26(38)14-12-23)49-36(48)43-30(19-22-7-4-3-5-8-22)34(46)42-29(20-24-17-18-40-33(24)45)31(44)35(47)41-28-15-16-28/h6,9-14,21-22,24,28-30,32H,3-5,7-8,15-20H2,1-2H3,(H,40,45)(H,41,47)(H,42,46)(H,43,48)/t24-,29-,30-,32?/m0/s1. The molecule has 49 heavy (non-hydrogen) atoms. The Morgan fingerprint density at radius 2 is 1.59 bits per heavy atom. The summed E-state index contributed by atoms with van der Waals surface area (Å²) in [5, 5.41) is 12.1. The van der Waals surface area contributed by atoms with Crippen LogP contribution in [0.15, 0.2) is 48.5 Å². The van der Waals surface area contributed by atoms with Crippen molar-refractivity contribution in [1.29, 1.82) is 0 Å². The predicted molar refractivity (Wildman–Crippen MR) is 187 cm³/mol. The number of ether oxygens (including phenoxy) is 1. The van der Waals surface area contributed by atoms with E-state index < -0.39 is 53.2 Å². The summed E-state index contributed by atoms with van der Waals surface area (Å²) >= 11 is 12.5. The van der Waals surface area contributed by atoms with E-state index in [1.54, 1.807) is 30.3 Å². The predicted octanol–water partition coefficient (Wildman–Crippen LogP) is 5.94. The highest BCUT2D eigenvalue weighted by Gasteiger charge is 2.39. The molecule has 1 heterocycles. The lowest BCUT2D eigenvalue weighted by molar-refractivity contribution is -0.141. The summed E-state index contributed by atoms with van der Waals surface area (Å²) in [5.41, 5.74) is 0.775. The Bertz CT molecular complexity index is 1520. The smallest absolute Gasteiger partial charge is 0.408 e. The maximum absolute atomic E-state index is 14.0. The van der Waals surface area contributed by atoms with Gasteiger partial charge < -0.3 is 26.0 Å². The highest BCUT2D eigenvalue weighted by atomic mass is 35.5. The highest BCUT2D eigenvalue weighted by molar-refractivity contribution is 6.38. The average Bonchev–Trinajstić information content (AvgIpc) is 3.81. The van der Waals surface area contributed by atoms with Crippen LogP contribution in [0.5, 0.6) is 0 Å². The lowest BCUT2D eigenvalue weighted by Gasteiger charge is -2.35. The van der Waals surface area contributed by atoms with Crippen molar-refractivity contribution >= 4 is 52.8 Å². The van der Waals surface area contributed by atoms with Gasteiger partial charge >= 0.3 is 6.09 Å². The number of amides is 4. The third-order valence-corrected chi connectivity index (χ3v) is 10.5. The molecule has 5 rings (SSSR count). The van der Waals surface area contributed by atoms with Crippen molar-refractivity contribution in [2.75, 3.05) is 6.54 Å². The van der Waals surface area contributed by atoms with E-state index in [-0.39, 0.29) is 24.3 Å². The second kappa shape index (κ2) is 16.4. The number of nitrogens with one attached hydrogen (secondary N) is 4. The van der Waals surface area contributed by atoms with Crippen molar-refractivity contribution in [3.8, 4) is 0 Å². The zero-order valence-electron chi connectivity index (χ0n) is 28.1. The van der Waals surface area contributed by atoms with E-state index in [9.17, 15) is 24.0 Å². The molecule has 2 aromatic carbocycles. The van der Waals surface area contributed by atoms with Gasteiger partial charge in [0, 0.05) is 34.0 Å². The van der Waals surface area contributed by atoms with E-state index in [1.807, 2.05) is 32.0 Å². The Morgan fingerprint density at radius 3 is 2.22 bits per heavy atom. The van der Waals surface area contributed by atoms with Crippen molar-refractivity contribution < 1.29 is 28.7 Å². The average molecular weight is 714 g/mol. The number of carbonyl (C=O) groups excluding carboxylic acids is 5. The SMILES string of the molecule is CC(C)(c1cccc(Cl)c1)C(OC(=O)N[C@@H](CC1CCCCC1)C(=O)N[C@@H](C[C@@H]1CCNC1=O)C(=O)C(=O)NC1CC1)c1ccc(Cl)cc1. The van der Waals surface area contributed by atoms with Crippen molar-refractivity contribution in [2.45, 2.75) is 108 Å². The monoisotopic (exact) mass is 712 g/mol. The molecule has 4 atom stereocenters. The number of ketones is 1. The molecule has 2 aliphatic carbocycles. The molecule has 264 valence electrons. The van der Waals surface area contributed by atoms with Crippen LogP contribution in [0.3, 0.4) is 0 Å². The summed E-state index contributed by atoms with van der Waals surface area (Å²) in [7, 11) is 0. The molecule has 10 nitrogen and oxygen atoms in total. The maximum atomic E-state index is 14.0. The second-order valence-electron chi connectivity index (χ2n) is 14.2. The first kappa shape index (κ1) is 36.6. The van der Waals surface area contributed by atoms with Crippen molar-refractivity contribution in [1.82, 2.24) is 21.3 Å². The number of hydrogen-bond donors (Lipinski definition) is 4. The Morgan fingerprint density at radius 1 is 0.878 bits per heavy atom. The van der Waals surface area contributed by atoms with E-state index in [4.69, 9.17) is 27.9 Å². The van der Waals surface area contributed by atoms with Gasteiger partial charge in [-0.15, -0.1) is 0 Å². The molecule has 1 unspecified atom stereocenters. The lowest BCUT2D eigenvalue weighted by atomic mass is 9.76. The molecule has 0 spiro atoms. The van der Waals surface area contributed by atoms with Crippen LogP contribution in [0.1, 0.15) is 95.3 Å². The first-order valence-electron chi connectivity index (χ1n) is 17.3. The number of Topliss-reactive ketones (excluding diaryl/α,β-unsaturated/α-hetero) is 1. The molecule has 12 heteroatoms. The molecular weight excluding hydrogens is 667 g/mol. The molecule has 1 saturated heterocycles. The summed E-state index contributed by atoms with van der Waals surface area (Å²) in [4.78, 5) is 66.5. The summed E-state index contributed by atoms with van der Waals surface area (Å²) < 4.78 is 6.17. The molecule has 0 radical (unpaired) electrons. The van der Waals surface area contributed by atoms with Crippen LogP contribution in [-0.4, -0.2) is 54.3 Å². The quantitative estimate of drug-likeness (QED) is 0.179. The first-order valence-corrected chi connectivity index (χ1v) is 18.1. The molecule has 4 amide bonds. The van der Waals surface area contributed by atoms with Gasteiger partial charge in [0.25, 0.3) is 5.91 Å². The van der Waals surface area contributed by atoms with E-state index >= 15 is 0 Å². The van der Waals surface area contributed by atoms with Crippen molar-refractivity contribution in [3.05, 3.63) is 69.7 Å². The number of rotatable bonds is 14. The molecule has 2 saturated carbocycles. The Kier molecular flexibility index (Phi) is 12.3. The zero-order chi connectivity index (χ0) is 35.1. The number of alkyl carbamates (subject to hydrolysis) is 1. The number of carbonyl (C=O) groups is 5. The minimum atomic E-state index is -1.23. The van der Waals surface area contributed by atoms with Crippen LogP contribution in [0.2, 0.25) is 10.0 Å². The largest absolute Gasteiger partial charge is 0.440 e. The van der Waals surface area contributed by atoms with Gasteiger partial charge in [0.05, 0.1) is 6.04 Å². The van der Waals surface area contributed by atoms with Gasteiger partial charge in [-0.1, -0.05) is 93.4 Å². The summed E-state index contributed by atoms with van der Waals surface area (Å²) in [6, 6.07) is 12.0. The highest BCUT2D eigenvalue weighted by Crippen LogP contribution is 2.41. The number of hydrogen-bond acceptors (Lipinski definition) is 6. The van der Waals surface area contributed by atoms with Crippen LogP contribution in [0.4, 0.5) is 4.79 Å². The zero-order valence-corrected chi connectivity index (χ0v) is 29.6. The molecule has 2 aromatic rings. The van der Waals surface area contributed by atoms with Gasteiger partial charge in [0.15, 0.2) is 0 Å². The maximum Gasteiger partial charge on any atom is 0.408 e. The van der Waals surface area contributed by atoms with Crippen LogP contribution in [-0.2, 0) is 29.3 Å². The van der Waals surface area contributed by atoms with Crippen LogP contribution < -0.4 is 21.3 Å². The molecular formula is C37H46Cl2N4O6. The van der Waals surface area contributed by atoms with Crippen LogP contribution in [0.25, 0.3) is 0 Å². The van der Waals surface area contributed by atoms with E-state index in [1.165, 1.54) is 0 Å². The molecule has 3 aliphatic rings. The van der Waals surface area contributed by atoms with Gasteiger partial charge in [-0.05, 0) is 73.4 Å². The molecule has 1 aliphatic heterocycles. The molecule has 0 bridgehead atoms. The first-order chi connectivity index (χ1) is 23.4. The van der Waals surface area contributed by atoms with Crippen LogP contribution in [0, 0.1) is 11.8 Å². The number of halogens is 2. The van der Waals surface area contributed by atoms with Crippen molar-refractivity contribution in [2.24, 2.45) is 11.8 Å². The third-order valence-electron chi connectivity index (χ3n) is 9.98. The van der Waals surface area contributed by atoms with Crippen molar-refractivity contribution in [3.63, 3.8) is 0 Å². The van der Waals surface area contributed by atoms with E-state index in [2.05, 4.69) is 21.3 Å². The van der Waals surface area contributed by atoms with Gasteiger partial charge in [-0.2, -0.15) is 0 Å². The minimum absolute atomic E-state index is 0.0123. The van der Waals surface area contributed by atoms with E-state index in [0.29, 0.717) is 35.0 Å². The lowest BCUT2D eigenvalue weighted by Crippen LogP contribution is -2.55. The Balaban J connectivity index is 1.37. The fraction of sp³-hybridized carbons (Fsp3) is 0.541. The number of benzene rings is 2. The van der Waals surface area contributed by atoms with Gasteiger partial charge in [0.1, 0.15) is 12.1 Å². The summed E-state index contributed by atoms with van der Waals surface area (Å²) in [6.07, 6.45) is 5.76. The molecule has 4 N–H and O–H groups in total. The third kappa shape index (κ3) is 9.97. The Hall–Kier alpha value is -3.63. The van der Waals surface area contributed by atoms with Crippen LogP contribution >= 0.6 is 23.2 Å². The molecule has 0 aromatic heterocycles. The summed E-state index contributed by atoms with van der Waals surface area (Å²) in [5.74, 6) is -2.75. The molecule has 3 fully saturated rings. The fourth-order valence-electron chi connectivity index (χ4n) is 6.88. The van der Waals surface area contributed by atoms with Gasteiger partial charge in [-0.3, -0.25) is 19.2 Å². The fourth-order valence-corrected chi connectivity index (χ4v) is 7.20. The van der Waals surface area contributed by atoms with Gasteiger partial charge in [-0.25, -0.2) is 4.79 Å². The van der Waals surface area contributed by atoms with Gasteiger partial charge in [0.2, 0.25) is 17.6 Å². The normalized spacial score (nSPS) is 20.0. The summed E-state index contributed by atoms with van der Waals surface area (Å²) in [6.45, 7) is 4.35. The Labute approximate surface area is 297 Å². The minimum Gasteiger partial charge on any atom is -0.440 e. The second-order valence-corrected chi connectivity index (χ2v) is 15.1. The topological polar surface area (TPSA) is 143 Å².